The highest BCUT2D eigenvalue weighted by Crippen LogP contribution is 2.13. The van der Waals surface area contributed by atoms with Crippen LogP contribution in [0.25, 0.3) is 0 Å². The highest BCUT2D eigenvalue weighted by atomic mass is 32.1. The molecule has 0 aliphatic carbocycles. The van der Waals surface area contributed by atoms with Gasteiger partial charge in [0, 0.05) is 22.8 Å². The summed E-state index contributed by atoms with van der Waals surface area (Å²) in [7, 11) is 1.31. The Morgan fingerprint density at radius 2 is 2.21 bits per heavy atom. The van der Waals surface area contributed by atoms with Crippen molar-refractivity contribution in [3.8, 4) is 0 Å². The molecule has 2 heterocycles. The van der Waals surface area contributed by atoms with Crippen LogP contribution < -0.4 is 5.32 Å². The van der Waals surface area contributed by atoms with Gasteiger partial charge in [0.05, 0.1) is 13.7 Å². The topological polar surface area (TPSA) is 77.0 Å². The number of rotatable bonds is 4. The van der Waals surface area contributed by atoms with Crippen molar-refractivity contribution in [2.75, 3.05) is 12.4 Å². The second-order valence-corrected chi connectivity index (χ2v) is 5.25. The number of anilines is 1. The molecule has 0 radical (unpaired) electrons. The molecule has 0 unspecified atom stereocenters. The maximum atomic E-state index is 11.4. The van der Waals surface area contributed by atoms with Gasteiger partial charge in [-0.05, 0) is 13.8 Å². The molecule has 0 spiro atoms. The van der Waals surface area contributed by atoms with Crippen molar-refractivity contribution in [2.24, 2.45) is 0 Å². The summed E-state index contributed by atoms with van der Waals surface area (Å²) in [4.78, 5) is 24.9. The van der Waals surface area contributed by atoms with Gasteiger partial charge in [-0.3, -0.25) is 0 Å². The van der Waals surface area contributed by atoms with E-state index in [0.29, 0.717) is 18.1 Å². The SMILES string of the molecule is COC(=O)c1nc(C)cc(NCc2ncc(C)s2)n1. The Morgan fingerprint density at radius 1 is 1.42 bits per heavy atom. The molecule has 0 saturated carbocycles. The summed E-state index contributed by atoms with van der Waals surface area (Å²) in [5, 5.41) is 4.09. The van der Waals surface area contributed by atoms with E-state index in [1.807, 2.05) is 13.1 Å². The van der Waals surface area contributed by atoms with Gasteiger partial charge in [0.2, 0.25) is 5.82 Å². The molecule has 19 heavy (non-hydrogen) atoms. The highest BCUT2D eigenvalue weighted by molar-refractivity contribution is 7.11. The lowest BCUT2D eigenvalue weighted by Gasteiger charge is -2.06. The van der Waals surface area contributed by atoms with Crippen LogP contribution in [-0.2, 0) is 11.3 Å². The molecule has 2 aromatic heterocycles. The predicted molar refractivity (Wildman–Crippen MR) is 72.3 cm³/mol. The number of ether oxygens (including phenoxy) is 1. The molecule has 0 amide bonds. The van der Waals surface area contributed by atoms with E-state index < -0.39 is 5.97 Å². The Labute approximate surface area is 114 Å². The van der Waals surface area contributed by atoms with Crippen molar-refractivity contribution in [2.45, 2.75) is 20.4 Å². The normalized spacial score (nSPS) is 10.3. The van der Waals surface area contributed by atoms with E-state index in [4.69, 9.17) is 0 Å². The second kappa shape index (κ2) is 5.75. The third kappa shape index (κ3) is 3.47. The molecular formula is C12H14N4O2S. The van der Waals surface area contributed by atoms with Gasteiger partial charge in [0.1, 0.15) is 10.8 Å². The molecule has 1 N–H and O–H groups in total. The summed E-state index contributed by atoms with van der Waals surface area (Å²) in [6.07, 6.45) is 1.83. The van der Waals surface area contributed by atoms with Crippen LogP contribution in [-0.4, -0.2) is 28.0 Å². The first-order chi connectivity index (χ1) is 9.08. The van der Waals surface area contributed by atoms with Crippen molar-refractivity contribution in [1.29, 1.82) is 0 Å². The maximum absolute atomic E-state index is 11.4. The molecule has 2 rings (SSSR count). The number of hydrogen-bond acceptors (Lipinski definition) is 7. The number of aromatic nitrogens is 3. The average molecular weight is 278 g/mol. The minimum Gasteiger partial charge on any atom is -0.463 e. The van der Waals surface area contributed by atoms with Gasteiger partial charge < -0.3 is 10.1 Å². The van der Waals surface area contributed by atoms with Gasteiger partial charge >= 0.3 is 5.97 Å². The quantitative estimate of drug-likeness (QED) is 0.861. The van der Waals surface area contributed by atoms with E-state index in [1.54, 1.807) is 24.3 Å². The van der Waals surface area contributed by atoms with E-state index in [9.17, 15) is 4.79 Å². The third-order valence-electron chi connectivity index (χ3n) is 2.31. The molecule has 100 valence electrons. The van der Waals surface area contributed by atoms with E-state index in [1.165, 1.54) is 7.11 Å². The highest BCUT2D eigenvalue weighted by Gasteiger charge is 2.11. The molecule has 0 atom stereocenters. The number of carbonyl (C=O) groups excluding carboxylic acids is 1. The number of esters is 1. The van der Waals surface area contributed by atoms with Crippen molar-refractivity contribution in [3.05, 3.63) is 33.7 Å². The average Bonchev–Trinajstić information content (AvgIpc) is 2.80. The summed E-state index contributed by atoms with van der Waals surface area (Å²) in [6.45, 7) is 4.37. The van der Waals surface area contributed by atoms with Gasteiger partial charge in [0.15, 0.2) is 0 Å². The molecular weight excluding hydrogens is 264 g/mol. The first-order valence-electron chi connectivity index (χ1n) is 5.67. The number of nitrogens with one attached hydrogen (secondary N) is 1. The van der Waals surface area contributed by atoms with Crippen LogP contribution in [0, 0.1) is 13.8 Å². The largest absolute Gasteiger partial charge is 0.463 e. The minimum atomic E-state index is -0.545. The first kappa shape index (κ1) is 13.4. The Morgan fingerprint density at radius 3 is 2.84 bits per heavy atom. The van der Waals surface area contributed by atoms with Crippen LogP contribution in [0.15, 0.2) is 12.3 Å². The molecule has 0 saturated heterocycles. The summed E-state index contributed by atoms with van der Waals surface area (Å²) < 4.78 is 4.61. The van der Waals surface area contributed by atoms with E-state index in [-0.39, 0.29) is 5.82 Å². The maximum Gasteiger partial charge on any atom is 0.376 e. The number of methoxy groups -OCH3 is 1. The Kier molecular flexibility index (Phi) is 4.06. The van der Waals surface area contributed by atoms with Crippen molar-refractivity contribution >= 4 is 23.1 Å². The fraction of sp³-hybridized carbons (Fsp3) is 0.333. The van der Waals surface area contributed by atoms with Crippen LogP contribution in [0.4, 0.5) is 5.82 Å². The van der Waals surface area contributed by atoms with Gasteiger partial charge in [-0.1, -0.05) is 0 Å². The molecule has 0 aliphatic rings. The van der Waals surface area contributed by atoms with Crippen molar-refractivity contribution < 1.29 is 9.53 Å². The van der Waals surface area contributed by atoms with Gasteiger partial charge in [-0.25, -0.2) is 19.7 Å². The molecule has 0 aromatic carbocycles. The number of aryl methyl sites for hydroxylation is 2. The lowest BCUT2D eigenvalue weighted by Crippen LogP contribution is -2.11. The van der Waals surface area contributed by atoms with Crippen molar-refractivity contribution in [1.82, 2.24) is 15.0 Å². The number of hydrogen-bond donors (Lipinski definition) is 1. The van der Waals surface area contributed by atoms with E-state index >= 15 is 0 Å². The summed E-state index contributed by atoms with van der Waals surface area (Å²) in [6, 6.07) is 1.77. The van der Waals surface area contributed by atoms with Crippen LogP contribution in [0.5, 0.6) is 0 Å². The fourth-order valence-corrected chi connectivity index (χ4v) is 2.22. The van der Waals surface area contributed by atoms with Crippen LogP contribution >= 0.6 is 11.3 Å². The standard InChI is InChI=1S/C12H14N4O2S/c1-7-4-9(16-11(15-7)12(17)18-3)13-6-10-14-5-8(2)19-10/h4-5H,6H2,1-3H3,(H,13,15,16). The Balaban J connectivity index is 2.11. The molecule has 2 aromatic rings. The van der Waals surface area contributed by atoms with Crippen molar-refractivity contribution in [3.63, 3.8) is 0 Å². The number of thiazole rings is 1. The van der Waals surface area contributed by atoms with Crippen LogP contribution in [0.2, 0.25) is 0 Å². The number of carbonyl (C=O) groups is 1. The Bertz CT molecular complexity index is 597. The zero-order chi connectivity index (χ0) is 13.8. The van der Waals surface area contributed by atoms with Gasteiger partial charge in [0.25, 0.3) is 0 Å². The molecule has 0 aliphatic heterocycles. The molecule has 0 bridgehead atoms. The first-order valence-corrected chi connectivity index (χ1v) is 6.49. The molecule has 7 heteroatoms. The summed E-state index contributed by atoms with van der Waals surface area (Å²) in [5.41, 5.74) is 0.702. The van der Waals surface area contributed by atoms with Crippen LogP contribution in [0.1, 0.15) is 26.2 Å². The smallest absolute Gasteiger partial charge is 0.376 e. The lowest BCUT2D eigenvalue weighted by molar-refractivity contribution is 0.0586. The fourth-order valence-electron chi connectivity index (χ4n) is 1.49. The van der Waals surface area contributed by atoms with E-state index in [2.05, 4.69) is 25.0 Å². The zero-order valence-electron chi connectivity index (χ0n) is 10.9. The van der Waals surface area contributed by atoms with Crippen LogP contribution in [0.3, 0.4) is 0 Å². The van der Waals surface area contributed by atoms with E-state index in [0.717, 1.165) is 9.88 Å². The zero-order valence-corrected chi connectivity index (χ0v) is 11.7. The van der Waals surface area contributed by atoms with Gasteiger partial charge in [-0.15, -0.1) is 11.3 Å². The monoisotopic (exact) mass is 278 g/mol. The summed E-state index contributed by atoms with van der Waals surface area (Å²) in [5.74, 6) is 0.0953. The predicted octanol–water partition coefficient (Wildman–Crippen LogP) is 1.95. The third-order valence-corrected chi connectivity index (χ3v) is 3.22. The molecule has 0 fully saturated rings. The second-order valence-electron chi connectivity index (χ2n) is 3.93. The molecule has 6 nitrogen and oxygen atoms in total. The number of nitrogens with zero attached hydrogens (tertiary/aromatic N) is 3. The lowest BCUT2D eigenvalue weighted by atomic mass is 10.4. The summed E-state index contributed by atoms with van der Waals surface area (Å²) >= 11 is 1.62. The Hall–Kier alpha value is -2.02. The van der Waals surface area contributed by atoms with Gasteiger partial charge in [-0.2, -0.15) is 0 Å². The minimum absolute atomic E-state index is 0.0559.